The van der Waals surface area contributed by atoms with Crippen molar-refractivity contribution in [2.45, 2.75) is 160 Å². The molecule has 51 heavy (non-hydrogen) atoms. The number of guanidine groups is 1. The summed E-state index contributed by atoms with van der Waals surface area (Å²) in [7, 11) is 0. The fourth-order valence-corrected chi connectivity index (χ4v) is 9.67. The van der Waals surface area contributed by atoms with Gasteiger partial charge in [0.15, 0.2) is 11.6 Å². The number of aliphatic hydroxyl groups is 2. The Hall–Kier alpha value is -2.29. The van der Waals surface area contributed by atoms with Gasteiger partial charge >= 0.3 is 11.9 Å². The lowest BCUT2D eigenvalue weighted by atomic mass is 9.74. The van der Waals surface area contributed by atoms with Gasteiger partial charge in [0, 0.05) is 44.2 Å². The summed E-state index contributed by atoms with van der Waals surface area (Å²) in [4.78, 5) is 30.1. The Morgan fingerprint density at radius 2 is 1.90 bits per heavy atom. The maximum atomic E-state index is 14.5. The third kappa shape index (κ3) is 8.44. The van der Waals surface area contributed by atoms with Gasteiger partial charge in [0.25, 0.3) is 0 Å². The Bertz CT molecular complexity index is 1320. The molecule has 2 fully saturated rings. The first-order valence-electron chi connectivity index (χ1n) is 19.5. The topological polar surface area (TPSA) is 185 Å². The summed E-state index contributed by atoms with van der Waals surface area (Å²) in [5.41, 5.74) is 6.74. The van der Waals surface area contributed by atoms with Gasteiger partial charge in [-0.15, -0.1) is 0 Å². The van der Waals surface area contributed by atoms with Crippen LogP contribution < -0.4 is 22.1 Å². The molecular weight excluding hydrogens is 652 g/mol. The zero-order chi connectivity index (χ0) is 37.2. The first-order valence-corrected chi connectivity index (χ1v) is 19.5. The quantitative estimate of drug-likeness (QED) is 0.0881. The van der Waals surface area contributed by atoms with Crippen LogP contribution in [0.15, 0.2) is 12.2 Å². The van der Waals surface area contributed by atoms with E-state index in [4.69, 9.17) is 25.7 Å². The predicted octanol–water partition coefficient (Wildman–Crippen LogP) is 2.42. The number of hydrogen-bond donors (Lipinski definition) is 6. The van der Waals surface area contributed by atoms with Crippen molar-refractivity contribution < 1.29 is 38.6 Å². The van der Waals surface area contributed by atoms with E-state index in [0.717, 1.165) is 32.1 Å². The molecule has 8 atom stereocenters. The van der Waals surface area contributed by atoms with Gasteiger partial charge in [-0.3, -0.25) is 9.59 Å². The number of carbonyl (C=O) groups is 2. The van der Waals surface area contributed by atoms with Gasteiger partial charge in [-0.2, -0.15) is 0 Å². The standard InChI is InChI=1S/C38H66N6O7/c1-7-29-13-8-9-16-36(51-29)22-27-14-18-38(48)30(37(17-10-12-26(2)50-37)42-33(41-36)44(27)38)31(46)49-25-34(3,4)24-35(5,6)32(47)43(21-11-19-39)23-28(45)15-20-40/h8,13,26-30,45,48H,7,9-12,14-25,39-40H2,1-6H3,(H,41,42)/p+1/t26-,27+,28+,29+,30-,36+,37-,38+/m1/s1. The molecule has 2 spiro atoms. The van der Waals surface area contributed by atoms with Crippen molar-refractivity contribution in [2.24, 2.45) is 28.2 Å². The van der Waals surface area contributed by atoms with Crippen molar-refractivity contribution in [1.82, 2.24) is 15.5 Å². The molecule has 8 N–H and O–H groups in total. The zero-order valence-electron chi connectivity index (χ0n) is 32.0. The van der Waals surface area contributed by atoms with Gasteiger partial charge in [-0.05, 0) is 76.8 Å². The number of nitrogens with zero attached hydrogens (tertiary/aromatic N) is 2. The lowest BCUT2D eigenvalue weighted by Gasteiger charge is -2.52. The van der Waals surface area contributed by atoms with Crippen LogP contribution in [0.5, 0.6) is 0 Å². The SMILES string of the molecule is CC[C@H]1C=CCC[C@@]2(C[C@@H]3CC[C@]4(O)[C@H](C(=O)OCC(C)(C)CC(C)(C)C(=O)N(CCCN)C[C@@H](O)CCN)[C@]5(CCC[C@@H](C)O5)NC(=[N+]34)N2)O1. The highest BCUT2D eigenvalue weighted by molar-refractivity contribution is 5.83. The molecule has 0 aromatic rings. The monoisotopic (exact) mass is 720 g/mol. The van der Waals surface area contributed by atoms with E-state index >= 15 is 0 Å². The van der Waals surface area contributed by atoms with E-state index in [1.54, 1.807) is 4.90 Å². The molecule has 0 saturated carbocycles. The van der Waals surface area contributed by atoms with E-state index in [-0.39, 0.29) is 37.3 Å². The van der Waals surface area contributed by atoms with Crippen LogP contribution in [0.4, 0.5) is 0 Å². The molecule has 0 radical (unpaired) electrons. The number of amides is 1. The second-order valence-electron chi connectivity index (χ2n) is 17.4. The molecule has 0 aromatic heterocycles. The third-order valence-corrected chi connectivity index (χ3v) is 11.6. The number of allylic oxidation sites excluding steroid dienone is 1. The average molecular weight is 720 g/mol. The Kier molecular flexibility index (Phi) is 12.2. The fraction of sp³-hybridized carbons (Fsp3) is 0.868. The molecule has 5 aliphatic rings. The second-order valence-corrected chi connectivity index (χ2v) is 17.4. The number of nitrogens with two attached hydrogens (primary N) is 2. The maximum Gasteiger partial charge on any atom is 0.353 e. The molecule has 13 heteroatoms. The van der Waals surface area contributed by atoms with Crippen molar-refractivity contribution in [3.05, 3.63) is 12.2 Å². The number of rotatable bonds is 14. The molecule has 0 aromatic carbocycles. The van der Waals surface area contributed by atoms with E-state index in [0.29, 0.717) is 70.5 Å². The van der Waals surface area contributed by atoms with Crippen molar-refractivity contribution in [1.29, 1.82) is 0 Å². The number of aliphatic hydroxyl groups excluding tert-OH is 1. The summed E-state index contributed by atoms with van der Waals surface area (Å²) in [6, 6.07) is -0.0307. The third-order valence-electron chi connectivity index (χ3n) is 11.6. The Morgan fingerprint density at radius 1 is 1.14 bits per heavy atom. The first-order chi connectivity index (χ1) is 24.0. The molecule has 13 nitrogen and oxygen atoms in total. The smallest absolute Gasteiger partial charge is 0.353 e. The van der Waals surface area contributed by atoms with Crippen LogP contribution in [0, 0.1) is 16.7 Å². The minimum atomic E-state index is -1.52. The second kappa shape index (κ2) is 15.6. The number of ether oxygens (including phenoxy) is 3. The van der Waals surface area contributed by atoms with Gasteiger partial charge in [0.05, 0.1) is 31.0 Å². The number of esters is 1. The molecule has 290 valence electrons. The fourth-order valence-electron chi connectivity index (χ4n) is 9.67. The normalized spacial score (nSPS) is 34.1. The maximum absolute atomic E-state index is 14.5. The summed E-state index contributed by atoms with van der Waals surface area (Å²) in [5.74, 6) is -0.933. The van der Waals surface area contributed by atoms with Gasteiger partial charge in [-0.1, -0.05) is 46.8 Å². The van der Waals surface area contributed by atoms with Crippen LogP contribution in [0.1, 0.15) is 119 Å². The summed E-state index contributed by atoms with van der Waals surface area (Å²) >= 11 is 0. The molecule has 5 rings (SSSR count). The highest BCUT2D eigenvalue weighted by Gasteiger charge is 2.71. The van der Waals surface area contributed by atoms with Crippen LogP contribution >= 0.6 is 0 Å². The molecule has 5 heterocycles. The largest absolute Gasteiger partial charge is 0.465 e. The molecule has 1 amide bonds. The van der Waals surface area contributed by atoms with Gasteiger partial charge in [0.2, 0.25) is 17.4 Å². The predicted molar refractivity (Wildman–Crippen MR) is 194 cm³/mol. The average Bonchev–Trinajstić information content (AvgIpc) is 3.25. The number of hydrogen-bond acceptors (Lipinski definition) is 11. The summed E-state index contributed by atoms with van der Waals surface area (Å²) < 4.78 is 21.6. The van der Waals surface area contributed by atoms with E-state index in [1.165, 1.54) is 0 Å². The minimum absolute atomic E-state index is 0.000870. The Labute approximate surface area is 304 Å². The molecular formula is C38H67N6O7+. The van der Waals surface area contributed by atoms with Crippen LogP contribution in [0.2, 0.25) is 0 Å². The molecule has 2 saturated heterocycles. The van der Waals surface area contributed by atoms with E-state index < -0.39 is 46.0 Å². The summed E-state index contributed by atoms with van der Waals surface area (Å²) in [6.07, 6.45) is 11.5. The molecule has 0 unspecified atom stereocenters. The Balaban J connectivity index is 1.36. The van der Waals surface area contributed by atoms with Gasteiger partial charge in [0.1, 0.15) is 0 Å². The highest BCUT2D eigenvalue weighted by atomic mass is 16.6. The summed E-state index contributed by atoms with van der Waals surface area (Å²) in [5, 5.41) is 30.5. The van der Waals surface area contributed by atoms with Crippen molar-refractivity contribution in [3.8, 4) is 0 Å². The van der Waals surface area contributed by atoms with Crippen LogP contribution in [-0.2, 0) is 23.8 Å². The summed E-state index contributed by atoms with van der Waals surface area (Å²) in [6.45, 7) is 13.4. The Morgan fingerprint density at radius 3 is 2.59 bits per heavy atom. The number of carbonyl (C=O) groups excluding carboxylic acids is 2. The van der Waals surface area contributed by atoms with Crippen LogP contribution in [0.25, 0.3) is 0 Å². The van der Waals surface area contributed by atoms with Gasteiger partial charge in [-0.25, -0.2) is 15.2 Å². The van der Waals surface area contributed by atoms with E-state index in [1.807, 2.05) is 39.2 Å². The lowest BCUT2D eigenvalue weighted by molar-refractivity contribution is -0.690. The van der Waals surface area contributed by atoms with Gasteiger partial charge < -0.3 is 40.8 Å². The van der Waals surface area contributed by atoms with Crippen molar-refractivity contribution in [3.63, 3.8) is 0 Å². The molecule has 0 bridgehead atoms. The van der Waals surface area contributed by atoms with E-state index in [2.05, 4.69) is 29.7 Å². The highest BCUT2D eigenvalue weighted by Crippen LogP contribution is 2.50. The lowest BCUT2D eigenvalue weighted by Crippen LogP contribution is -2.79. The van der Waals surface area contributed by atoms with Crippen LogP contribution in [-0.4, -0.2) is 112 Å². The molecule has 5 aliphatic heterocycles. The van der Waals surface area contributed by atoms with Crippen molar-refractivity contribution in [2.75, 3.05) is 32.8 Å². The minimum Gasteiger partial charge on any atom is -0.465 e. The van der Waals surface area contributed by atoms with E-state index in [9.17, 15) is 19.8 Å². The zero-order valence-corrected chi connectivity index (χ0v) is 32.0. The van der Waals surface area contributed by atoms with Crippen LogP contribution in [0.3, 0.4) is 0 Å². The first kappa shape index (κ1) is 39.9. The molecule has 0 aliphatic carbocycles. The van der Waals surface area contributed by atoms with Crippen molar-refractivity contribution >= 4 is 17.8 Å². The number of nitrogens with one attached hydrogen (secondary N) is 2.